The highest BCUT2D eigenvalue weighted by Crippen LogP contribution is 2.23. The fraction of sp³-hybridized carbons (Fsp3) is 0.423. The van der Waals surface area contributed by atoms with Crippen LogP contribution in [0.1, 0.15) is 66.7 Å². The fourth-order valence-corrected chi connectivity index (χ4v) is 4.30. The molecule has 0 bridgehead atoms. The summed E-state index contributed by atoms with van der Waals surface area (Å²) in [4.78, 5) is 39.2. The van der Waals surface area contributed by atoms with Gasteiger partial charge in [-0.05, 0) is 69.2 Å². The van der Waals surface area contributed by atoms with Crippen LogP contribution < -0.4 is 16.0 Å². The summed E-state index contributed by atoms with van der Waals surface area (Å²) >= 11 is 6.26. The highest BCUT2D eigenvalue weighted by Gasteiger charge is 2.19. The number of nitrogens with zero attached hydrogens (tertiary/aromatic N) is 1. The minimum Gasteiger partial charge on any atom is -0.376 e. The zero-order valence-corrected chi connectivity index (χ0v) is 20.6. The number of rotatable bonds is 9. The fourth-order valence-electron chi connectivity index (χ4n) is 4.10. The third kappa shape index (κ3) is 6.97. The molecule has 2 aromatic rings. The number of carbonyl (C=O) groups excluding carboxylic acids is 3. The predicted molar refractivity (Wildman–Crippen MR) is 137 cm³/mol. The third-order valence-corrected chi connectivity index (χ3v) is 6.40. The van der Waals surface area contributed by atoms with Crippen molar-refractivity contribution in [3.63, 3.8) is 0 Å². The van der Waals surface area contributed by atoms with E-state index in [-0.39, 0.29) is 30.3 Å². The summed E-state index contributed by atoms with van der Waals surface area (Å²) in [6.45, 7) is 5.19. The van der Waals surface area contributed by atoms with E-state index in [0.29, 0.717) is 40.6 Å². The zero-order valence-electron chi connectivity index (χ0n) is 19.8. The van der Waals surface area contributed by atoms with Gasteiger partial charge in [0.2, 0.25) is 5.91 Å². The van der Waals surface area contributed by atoms with Crippen LogP contribution in [-0.2, 0) is 4.79 Å². The molecule has 3 N–H and O–H groups in total. The summed E-state index contributed by atoms with van der Waals surface area (Å²) < 4.78 is 0. The molecule has 0 heterocycles. The lowest BCUT2D eigenvalue weighted by atomic mass is 9.95. The smallest absolute Gasteiger partial charge is 0.253 e. The topological polar surface area (TPSA) is 90.5 Å². The van der Waals surface area contributed by atoms with Gasteiger partial charge in [0.1, 0.15) is 0 Å². The third-order valence-electron chi connectivity index (χ3n) is 6.07. The quantitative estimate of drug-likeness (QED) is 0.470. The van der Waals surface area contributed by atoms with Crippen LogP contribution in [0.25, 0.3) is 0 Å². The van der Waals surface area contributed by atoms with Gasteiger partial charge in [0.25, 0.3) is 11.8 Å². The molecule has 0 saturated heterocycles. The highest BCUT2D eigenvalue weighted by atomic mass is 35.5. The van der Waals surface area contributed by atoms with Gasteiger partial charge in [0.05, 0.1) is 17.1 Å². The number of benzene rings is 2. The van der Waals surface area contributed by atoms with Crippen molar-refractivity contribution in [3.05, 3.63) is 58.6 Å². The van der Waals surface area contributed by atoms with Crippen molar-refractivity contribution in [2.75, 3.05) is 30.3 Å². The van der Waals surface area contributed by atoms with E-state index in [1.54, 1.807) is 47.4 Å². The maximum absolute atomic E-state index is 12.7. The molecule has 0 aromatic heterocycles. The molecule has 0 radical (unpaired) electrons. The first-order chi connectivity index (χ1) is 16.4. The van der Waals surface area contributed by atoms with Crippen molar-refractivity contribution >= 4 is 40.7 Å². The maximum atomic E-state index is 12.7. The van der Waals surface area contributed by atoms with Gasteiger partial charge in [-0.2, -0.15) is 0 Å². The van der Waals surface area contributed by atoms with Gasteiger partial charge in [-0.25, -0.2) is 0 Å². The molecule has 1 fully saturated rings. The van der Waals surface area contributed by atoms with Gasteiger partial charge in [0, 0.05) is 36.1 Å². The van der Waals surface area contributed by atoms with Gasteiger partial charge in [-0.1, -0.05) is 30.9 Å². The van der Waals surface area contributed by atoms with Gasteiger partial charge < -0.3 is 20.9 Å². The van der Waals surface area contributed by atoms with Crippen LogP contribution in [0.4, 0.5) is 11.4 Å². The Labute approximate surface area is 206 Å². The van der Waals surface area contributed by atoms with Crippen LogP contribution in [0.3, 0.4) is 0 Å². The van der Waals surface area contributed by atoms with Gasteiger partial charge in [0.15, 0.2) is 0 Å². The van der Waals surface area contributed by atoms with Crippen LogP contribution in [0.2, 0.25) is 5.02 Å². The lowest BCUT2D eigenvalue weighted by molar-refractivity contribution is -0.114. The molecule has 0 atom stereocenters. The second kappa shape index (κ2) is 12.4. The second-order valence-electron chi connectivity index (χ2n) is 8.46. The SMILES string of the molecule is CCN(CC)C(=O)c1ccc(NC(=O)CNc2ccc(Cl)c(C(=O)NC3CCCCC3)c2)cc1. The molecule has 2 aromatic carbocycles. The Balaban J connectivity index is 1.54. The minimum atomic E-state index is -0.244. The van der Waals surface area contributed by atoms with E-state index in [1.165, 1.54) is 6.42 Å². The molecule has 182 valence electrons. The molecule has 3 rings (SSSR count). The number of carbonyl (C=O) groups is 3. The van der Waals surface area contributed by atoms with E-state index < -0.39 is 0 Å². The normalized spacial score (nSPS) is 13.7. The molecule has 0 unspecified atom stereocenters. The summed E-state index contributed by atoms with van der Waals surface area (Å²) in [6, 6.07) is 12.1. The van der Waals surface area contributed by atoms with Crippen LogP contribution in [0.15, 0.2) is 42.5 Å². The molecule has 1 aliphatic rings. The van der Waals surface area contributed by atoms with Gasteiger partial charge in [-0.3, -0.25) is 14.4 Å². The Morgan fingerprint density at radius 3 is 2.24 bits per heavy atom. The molecular weight excluding hydrogens is 452 g/mol. The first-order valence-corrected chi connectivity index (χ1v) is 12.3. The monoisotopic (exact) mass is 484 g/mol. The van der Waals surface area contributed by atoms with Crippen LogP contribution in [-0.4, -0.2) is 48.3 Å². The van der Waals surface area contributed by atoms with Gasteiger partial charge >= 0.3 is 0 Å². The molecule has 1 saturated carbocycles. The van der Waals surface area contributed by atoms with Crippen molar-refractivity contribution in [2.45, 2.75) is 52.0 Å². The average molecular weight is 485 g/mol. The molecule has 8 heteroatoms. The largest absolute Gasteiger partial charge is 0.376 e. The van der Waals surface area contributed by atoms with E-state index in [0.717, 1.165) is 25.7 Å². The summed E-state index contributed by atoms with van der Waals surface area (Å²) in [5.74, 6) is -0.467. The van der Waals surface area contributed by atoms with E-state index in [9.17, 15) is 14.4 Å². The maximum Gasteiger partial charge on any atom is 0.253 e. The standard InChI is InChI=1S/C26H33ClN4O3/c1-3-31(4-2)26(34)18-10-12-20(13-11-18)29-24(32)17-28-21-14-15-23(27)22(16-21)25(33)30-19-8-6-5-7-9-19/h10-16,19,28H,3-9,17H2,1-2H3,(H,29,32)(H,30,33). The Bertz CT molecular complexity index is 1000. The summed E-state index contributed by atoms with van der Waals surface area (Å²) in [5, 5.41) is 9.29. The molecule has 3 amide bonds. The van der Waals surface area contributed by atoms with Crippen molar-refractivity contribution in [3.8, 4) is 0 Å². The Kier molecular flexibility index (Phi) is 9.33. The Morgan fingerprint density at radius 2 is 1.59 bits per heavy atom. The number of halogens is 1. The number of amides is 3. The van der Waals surface area contributed by atoms with Crippen molar-refractivity contribution in [1.29, 1.82) is 0 Å². The van der Waals surface area contributed by atoms with Crippen LogP contribution >= 0.6 is 11.6 Å². The Morgan fingerprint density at radius 1 is 0.941 bits per heavy atom. The minimum absolute atomic E-state index is 0.0193. The summed E-state index contributed by atoms with van der Waals surface area (Å²) in [7, 11) is 0. The van der Waals surface area contributed by atoms with E-state index in [2.05, 4.69) is 16.0 Å². The number of hydrogen-bond donors (Lipinski definition) is 3. The summed E-state index contributed by atoms with van der Waals surface area (Å²) in [5.41, 5.74) is 2.21. The lowest BCUT2D eigenvalue weighted by Gasteiger charge is -2.23. The molecule has 7 nitrogen and oxygen atoms in total. The average Bonchev–Trinajstić information content (AvgIpc) is 2.85. The van der Waals surface area contributed by atoms with E-state index in [1.807, 2.05) is 13.8 Å². The van der Waals surface area contributed by atoms with Gasteiger partial charge in [-0.15, -0.1) is 0 Å². The van der Waals surface area contributed by atoms with Crippen molar-refractivity contribution in [1.82, 2.24) is 10.2 Å². The first-order valence-electron chi connectivity index (χ1n) is 11.9. The number of anilines is 2. The second-order valence-corrected chi connectivity index (χ2v) is 8.87. The van der Waals surface area contributed by atoms with E-state index in [4.69, 9.17) is 11.6 Å². The van der Waals surface area contributed by atoms with Crippen molar-refractivity contribution < 1.29 is 14.4 Å². The van der Waals surface area contributed by atoms with E-state index >= 15 is 0 Å². The summed E-state index contributed by atoms with van der Waals surface area (Å²) in [6.07, 6.45) is 5.46. The van der Waals surface area contributed by atoms with Crippen LogP contribution in [0, 0.1) is 0 Å². The molecule has 1 aliphatic carbocycles. The predicted octanol–water partition coefficient (Wildman–Crippen LogP) is 4.94. The van der Waals surface area contributed by atoms with Crippen molar-refractivity contribution in [2.24, 2.45) is 0 Å². The number of hydrogen-bond acceptors (Lipinski definition) is 4. The number of nitrogens with one attached hydrogen (secondary N) is 3. The lowest BCUT2D eigenvalue weighted by Crippen LogP contribution is -2.36. The Hall–Kier alpha value is -3.06. The van der Waals surface area contributed by atoms with Crippen LogP contribution in [0.5, 0.6) is 0 Å². The zero-order chi connectivity index (χ0) is 24.5. The molecule has 0 spiro atoms. The molecule has 0 aliphatic heterocycles. The molecular formula is C26H33ClN4O3. The highest BCUT2D eigenvalue weighted by molar-refractivity contribution is 6.34. The molecule has 34 heavy (non-hydrogen) atoms. The first kappa shape index (κ1) is 25.6.